The van der Waals surface area contributed by atoms with Gasteiger partial charge in [0.05, 0.1) is 6.54 Å². The number of nitrogens with zero attached hydrogens (tertiary/aromatic N) is 5. The Morgan fingerprint density at radius 3 is 2.50 bits per heavy atom. The van der Waals surface area contributed by atoms with Crippen molar-refractivity contribution in [3.63, 3.8) is 0 Å². The van der Waals surface area contributed by atoms with Crippen LogP contribution in [0, 0.1) is 0 Å². The maximum Gasteiger partial charge on any atom is 0.257 e. The van der Waals surface area contributed by atoms with Gasteiger partial charge in [-0.15, -0.1) is 24.0 Å². The molecule has 0 aliphatic heterocycles. The molecule has 0 saturated carbocycles. The molecule has 4 aromatic rings. The number of aryl methyl sites for hydroxylation is 1. The smallest absolute Gasteiger partial charge is 0.257 e. The fraction of sp³-hybridized carbons (Fsp3) is 0.280. The Balaban J connectivity index is 0.00000324. The predicted molar refractivity (Wildman–Crippen MR) is 144 cm³/mol. The van der Waals surface area contributed by atoms with Crippen LogP contribution in [-0.4, -0.2) is 39.5 Å². The summed E-state index contributed by atoms with van der Waals surface area (Å²) in [4.78, 5) is 8.73. The van der Waals surface area contributed by atoms with Crippen molar-refractivity contribution in [2.24, 2.45) is 4.99 Å². The van der Waals surface area contributed by atoms with Gasteiger partial charge in [-0.25, -0.2) is 0 Å². The Kier molecular flexibility index (Phi) is 9.62. The highest BCUT2D eigenvalue weighted by molar-refractivity contribution is 14.0. The van der Waals surface area contributed by atoms with Crippen LogP contribution in [0.3, 0.4) is 0 Å². The van der Waals surface area contributed by atoms with E-state index in [1.165, 1.54) is 16.7 Å². The molecule has 2 aromatic carbocycles. The van der Waals surface area contributed by atoms with Crippen molar-refractivity contribution in [2.75, 3.05) is 13.6 Å². The molecule has 0 atom stereocenters. The molecule has 0 aliphatic rings. The van der Waals surface area contributed by atoms with Crippen molar-refractivity contribution in [2.45, 2.75) is 32.9 Å². The summed E-state index contributed by atoms with van der Waals surface area (Å²) in [5.74, 6) is 2.06. The minimum atomic E-state index is 0. The Bertz CT molecular complexity index is 1170. The highest BCUT2D eigenvalue weighted by Crippen LogP contribution is 2.18. The van der Waals surface area contributed by atoms with Gasteiger partial charge in [-0.05, 0) is 41.3 Å². The van der Waals surface area contributed by atoms with Crippen LogP contribution in [0.15, 0.2) is 76.5 Å². The minimum Gasteiger partial charge on any atom is -0.356 e. The lowest BCUT2D eigenvalue weighted by atomic mass is 10.1. The van der Waals surface area contributed by atoms with E-state index in [2.05, 4.69) is 67.3 Å². The Hall–Kier alpha value is -3.21. The average Bonchev–Trinajstić information content (AvgIpc) is 3.55. The number of hydrogen-bond acceptors (Lipinski definition) is 5. The van der Waals surface area contributed by atoms with Crippen LogP contribution in [0.2, 0.25) is 0 Å². The molecular formula is C25H30IN7O. The molecule has 9 heteroatoms. The summed E-state index contributed by atoms with van der Waals surface area (Å²) in [6.07, 6.45) is 5.41. The summed E-state index contributed by atoms with van der Waals surface area (Å²) in [5.41, 5.74) is 4.61. The number of aromatic nitrogens is 4. The minimum absolute atomic E-state index is 0. The van der Waals surface area contributed by atoms with Gasteiger partial charge in [0.25, 0.3) is 5.89 Å². The fourth-order valence-electron chi connectivity index (χ4n) is 3.51. The van der Waals surface area contributed by atoms with Crippen LogP contribution >= 0.6 is 24.0 Å². The number of aliphatic imine (C=N–C) groups is 1. The molecule has 2 aromatic heterocycles. The van der Waals surface area contributed by atoms with Gasteiger partial charge in [-0.2, -0.15) is 10.1 Å². The lowest BCUT2D eigenvalue weighted by Crippen LogP contribution is -2.38. The molecular weight excluding hydrogens is 541 g/mol. The highest BCUT2D eigenvalue weighted by Gasteiger charge is 2.08. The number of guanidine groups is 1. The van der Waals surface area contributed by atoms with Gasteiger partial charge >= 0.3 is 0 Å². The standard InChI is InChI=1S/C25H29N7O.HI/c1-3-23-30-24(33-31-23)20-11-9-19(10-12-20)13-15-27-25(26-2)28-17-21-7-4-5-8-22(21)18-32-16-6-14-29-32;/h4-12,14,16H,3,13,15,17-18H2,1-2H3,(H2,26,27,28);1H. The first kappa shape index (κ1) is 25.4. The van der Waals surface area contributed by atoms with Crippen LogP contribution < -0.4 is 10.6 Å². The number of halogens is 1. The first-order valence-electron chi connectivity index (χ1n) is 11.2. The lowest BCUT2D eigenvalue weighted by Gasteiger charge is -2.14. The maximum absolute atomic E-state index is 5.31. The van der Waals surface area contributed by atoms with Gasteiger partial charge in [0.2, 0.25) is 0 Å². The van der Waals surface area contributed by atoms with Crippen LogP contribution in [-0.2, 0) is 25.9 Å². The van der Waals surface area contributed by atoms with E-state index in [4.69, 9.17) is 4.52 Å². The Morgan fingerprint density at radius 2 is 1.82 bits per heavy atom. The van der Waals surface area contributed by atoms with Gasteiger partial charge in [0.15, 0.2) is 11.8 Å². The van der Waals surface area contributed by atoms with E-state index in [0.29, 0.717) is 12.4 Å². The van der Waals surface area contributed by atoms with Crippen LogP contribution in [0.5, 0.6) is 0 Å². The lowest BCUT2D eigenvalue weighted by molar-refractivity contribution is 0.423. The van der Waals surface area contributed by atoms with E-state index >= 15 is 0 Å². The molecule has 0 bridgehead atoms. The second-order valence-electron chi connectivity index (χ2n) is 7.64. The topological polar surface area (TPSA) is 93.2 Å². The van der Waals surface area contributed by atoms with Crippen molar-refractivity contribution >= 4 is 29.9 Å². The molecule has 0 unspecified atom stereocenters. The molecule has 4 rings (SSSR count). The largest absolute Gasteiger partial charge is 0.356 e. The summed E-state index contributed by atoms with van der Waals surface area (Å²) in [6, 6.07) is 18.5. The first-order valence-corrected chi connectivity index (χ1v) is 11.2. The first-order chi connectivity index (χ1) is 16.2. The average molecular weight is 571 g/mol. The maximum atomic E-state index is 5.31. The van der Waals surface area contributed by atoms with E-state index < -0.39 is 0 Å². The third kappa shape index (κ3) is 6.89. The molecule has 0 saturated heterocycles. The normalized spacial score (nSPS) is 11.2. The van der Waals surface area contributed by atoms with E-state index in [1.54, 1.807) is 13.2 Å². The third-order valence-electron chi connectivity index (χ3n) is 5.37. The van der Waals surface area contributed by atoms with Crippen LogP contribution in [0.4, 0.5) is 0 Å². The zero-order valence-corrected chi connectivity index (χ0v) is 21.8. The summed E-state index contributed by atoms with van der Waals surface area (Å²) in [5, 5.41) is 15.1. The fourth-order valence-corrected chi connectivity index (χ4v) is 3.51. The van der Waals surface area contributed by atoms with Gasteiger partial charge in [-0.1, -0.05) is 48.5 Å². The summed E-state index contributed by atoms with van der Waals surface area (Å²) in [6.45, 7) is 4.22. The quantitative estimate of drug-likeness (QED) is 0.179. The molecule has 0 amide bonds. The second-order valence-corrected chi connectivity index (χ2v) is 7.64. The van der Waals surface area contributed by atoms with Crippen molar-refractivity contribution in [1.29, 1.82) is 0 Å². The van der Waals surface area contributed by atoms with Crippen molar-refractivity contribution in [3.05, 3.63) is 89.5 Å². The molecule has 0 aliphatic carbocycles. The molecule has 0 fully saturated rings. The molecule has 34 heavy (non-hydrogen) atoms. The molecule has 0 radical (unpaired) electrons. The third-order valence-corrected chi connectivity index (χ3v) is 5.37. The van der Waals surface area contributed by atoms with Gasteiger partial charge in [0, 0.05) is 44.5 Å². The van der Waals surface area contributed by atoms with Crippen LogP contribution in [0.25, 0.3) is 11.5 Å². The Morgan fingerprint density at radius 1 is 1.03 bits per heavy atom. The van der Waals surface area contributed by atoms with Crippen molar-refractivity contribution in [3.8, 4) is 11.5 Å². The molecule has 178 valence electrons. The SMILES string of the molecule is CCc1noc(-c2ccc(CCNC(=NC)NCc3ccccc3Cn3cccn3)cc2)n1.I. The number of benzene rings is 2. The Labute approximate surface area is 216 Å². The zero-order chi connectivity index (χ0) is 22.9. The van der Waals surface area contributed by atoms with Gasteiger partial charge in [0.1, 0.15) is 0 Å². The summed E-state index contributed by atoms with van der Waals surface area (Å²) >= 11 is 0. The van der Waals surface area contributed by atoms with E-state index in [9.17, 15) is 0 Å². The summed E-state index contributed by atoms with van der Waals surface area (Å²) < 4.78 is 7.24. The zero-order valence-electron chi connectivity index (χ0n) is 19.4. The highest BCUT2D eigenvalue weighted by atomic mass is 127. The number of hydrogen-bond donors (Lipinski definition) is 2. The second kappa shape index (κ2) is 12.9. The van der Waals surface area contributed by atoms with Gasteiger partial charge < -0.3 is 15.2 Å². The van der Waals surface area contributed by atoms with Crippen molar-refractivity contribution in [1.82, 2.24) is 30.6 Å². The van der Waals surface area contributed by atoms with E-state index in [-0.39, 0.29) is 24.0 Å². The van der Waals surface area contributed by atoms with E-state index in [0.717, 1.165) is 43.3 Å². The van der Waals surface area contributed by atoms with Crippen molar-refractivity contribution < 1.29 is 4.52 Å². The van der Waals surface area contributed by atoms with Gasteiger partial charge in [-0.3, -0.25) is 9.67 Å². The molecule has 2 heterocycles. The monoisotopic (exact) mass is 571 g/mol. The number of rotatable bonds is 9. The van der Waals surface area contributed by atoms with E-state index in [1.807, 2.05) is 36.0 Å². The molecule has 2 N–H and O–H groups in total. The predicted octanol–water partition coefficient (Wildman–Crippen LogP) is 4.07. The molecule has 0 spiro atoms. The summed E-state index contributed by atoms with van der Waals surface area (Å²) in [7, 11) is 1.79. The number of nitrogens with one attached hydrogen (secondary N) is 2. The van der Waals surface area contributed by atoms with Crippen LogP contribution in [0.1, 0.15) is 29.4 Å². The molecule has 8 nitrogen and oxygen atoms in total.